The second-order valence-electron chi connectivity index (χ2n) is 6.32. The smallest absolute Gasteiger partial charge is 0.259 e. The molecule has 1 amide bonds. The normalized spacial score (nSPS) is 13.8. The number of nitrogens with zero attached hydrogens (tertiary/aromatic N) is 2. The summed E-state index contributed by atoms with van der Waals surface area (Å²) in [5, 5.41) is 3.82. The third kappa shape index (κ3) is 4.24. The number of carbonyl (C=O) groups excluding carboxylic acids is 1. The highest BCUT2D eigenvalue weighted by Crippen LogP contribution is 2.33. The number of rotatable bonds is 7. The average Bonchev–Trinajstić information content (AvgIpc) is 2.98. The summed E-state index contributed by atoms with van der Waals surface area (Å²) in [5.74, 6) is 1.68. The van der Waals surface area contributed by atoms with E-state index in [2.05, 4.69) is 15.3 Å². The lowest BCUT2D eigenvalue weighted by Crippen LogP contribution is -2.33. The quantitative estimate of drug-likeness (QED) is 0.765. The van der Waals surface area contributed by atoms with Gasteiger partial charge in [0, 0.05) is 25.0 Å². The van der Waals surface area contributed by atoms with E-state index in [1.54, 1.807) is 16.2 Å². The van der Waals surface area contributed by atoms with Crippen LogP contribution in [0.3, 0.4) is 0 Å². The van der Waals surface area contributed by atoms with Crippen molar-refractivity contribution in [2.45, 2.75) is 31.4 Å². The lowest BCUT2D eigenvalue weighted by atomic mass is 9.97. The number of hydrogen-bond donors (Lipinski definition) is 2. The average molecular weight is 381 g/mol. The van der Waals surface area contributed by atoms with Crippen LogP contribution in [0.5, 0.6) is 0 Å². The standard InChI is InChI=1S/C17H24N4O2S2/c1-18-7-8-21(2)14(22)10-24-9-13-19-16(23)15-11-5-3-4-6-12(11)25-17(15)20-13/h18H,3-10H2,1-2H3,(H,19,20,23). The summed E-state index contributed by atoms with van der Waals surface area (Å²) in [6.45, 7) is 1.47. The molecule has 25 heavy (non-hydrogen) atoms. The number of nitrogens with one attached hydrogen (secondary N) is 2. The molecule has 2 N–H and O–H groups in total. The highest BCUT2D eigenvalue weighted by Gasteiger charge is 2.19. The Balaban J connectivity index is 1.65. The zero-order valence-corrected chi connectivity index (χ0v) is 16.3. The van der Waals surface area contributed by atoms with Crippen molar-refractivity contribution in [3.05, 3.63) is 26.6 Å². The van der Waals surface area contributed by atoms with Crippen LogP contribution < -0.4 is 10.9 Å². The minimum absolute atomic E-state index is 0.0301. The molecular formula is C17H24N4O2S2. The second kappa shape index (κ2) is 8.33. The Bertz CT molecular complexity index is 815. The number of fused-ring (bicyclic) bond motifs is 3. The zero-order valence-electron chi connectivity index (χ0n) is 14.7. The van der Waals surface area contributed by atoms with Crippen molar-refractivity contribution < 1.29 is 4.79 Å². The maximum absolute atomic E-state index is 12.5. The molecule has 0 aliphatic heterocycles. The van der Waals surface area contributed by atoms with Gasteiger partial charge in [0.05, 0.1) is 16.9 Å². The Morgan fingerprint density at radius 1 is 1.40 bits per heavy atom. The number of thiophene rings is 1. The van der Waals surface area contributed by atoms with E-state index in [-0.39, 0.29) is 11.5 Å². The minimum Gasteiger partial charge on any atom is -0.344 e. The molecular weight excluding hydrogens is 356 g/mol. The molecule has 0 spiro atoms. The number of aromatic nitrogens is 2. The van der Waals surface area contributed by atoms with E-state index in [0.29, 0.717) is 23.9 Å². The molecule has 0 saturated heterocycles. The molecule has 2 aromatic rings. The Hall–Kier alpha value is -1.38. The monoisotopic (exact) mass is 380 g/mol. The van der Waals surface area contributed by atoms with Crippen molar-refractivity contribution in [2.24, 2.45) is 0 Å². The van der Waals surface area contributed by atoms with Gasteiger partial charge in [0.25, 0.3) is 5.56 Å². The summed E-state index contributed by atoms with van der Waals surface area (Å²) >= 11 is 3.15. The van der Waals surface area contributed by atoms with E-state index >= 15 is 0 Å². The summed E-state index contributed by atoms with van der Waals surface area (Å²) in [4.78, 5) is 36.0. The van der Waals surface area contributed by atoms with Gasteiger partial charge in [-0.05, 0) is 38.3 Å². The highest BCUT2D eigenvalue weighted by atomic mass is 32.2. The molecule has 8 heteroatoms. The SMILES string of the molecule is CNCCN(C)C(=O)CSCc1nc2sc3c(c2c(=O)[nH]1)CCCC3. The molecule has 0 aromatic carbocycles. The zero-order chi connectivity index (χ0) is 17.8. The summed E-state index contributed by atoms with van der Waals surface area (Å²) in [7, 11) is 3.68. The number of likely N-dealkylation sites (N-methyl/N-ethyl adjacent to an activating group) is 2. The van der Waals surface area contributed by atoms with E-state index in [0.717, 1.165) is 36.0 Å². The first-order valence-corrected chi connectivity index (χ1v) is 10.6. The lowest BCUT2D eigenvalue weighted by molar-refractivity contribution is -0.127. The molecule has 0 fully saturated rings. The molecule has 2 heterocycles. The second-order valence-corrected chi connectivity index (χ2v) is 8.38. The number of aryl methyl sites for hydroxylation is 2. The Morgan fingerprint density at radius 2 is 2.20 bits per heavy atom. The fraction of sp³-hybridized carbons (Fsp3) is 0.588. The van der Waals surface area contributed by atoms with Crippen LogP contribution >= 0.6 is 23.1 Å². The van der Waals surface area contributed by atoms with Crippen LogP contribution in [0.1, 0.15) is 29.1 Å². The van der Waals surface area contributed by atoms with E-state index < -0.39 is 0 Å². The summed E-state index contributed by atoms with van der Waals surface area (Å²) < 4.78 is 0. The van der Waals surface area contributed by atoms with E-state index in [9.17, 15) is 9.59 Å². The van der Waals surface area contributed by atoms with Gasteiger partial charge in [-0.25, -0.2) is 4.98 Å². The van der Waals surface area contributed by atoms with Crippen molar-refractivity contribution in [1.82, 2.24) is 20.2 Å². The van der Waals surface area contributed by atoms with Crippen LogP contribution in [0.25, 0.3) is 10.2 Å². The fourth-order valence-electron chi connectivity index (χ4n) is 3.03. The van der Waals surface area contributed by atoms with Crippen LogP contribution in [0.2, 0.25) is 0 Å². The van der Waals surface area contributed by atoms with Crippen molar-refractivity contribution in [3.8, 4) is 0 Å². The summed E-state index contributed by atoms with van der Waals surface area (Å²) in [6.07, 6.45) is 4.40. The molecule has 0 saturated carbocycles. The van der Waals surface area contributed by atoms with E-state index in [1.807, 2.05) is 14.1 Å². The predicted octanol–water partition coefficient (Wildman–Crippen LogP) is 1.77. The number of amides is 1. The molecule has 1 aliphatic rings. The van der Waals surface area contributed by atoms with Crippen LogP contribution in [0.15, 0.2) is 4.79 Å². The molecule has 0 radical (unpaired) electrons. The van der Waals surface area contributed by atoms with Gasteiger partial charge in [-0.1, -0.05) is 0 Å². The number of aromatic amines is 1. The Labute approximate surface area is 155 Å². The first-order valence-electron chi connectivity index (χ1n) is 8.60. The van der Waals surface area contributed by atoms with E-state index in [1.165, 1.54) is 28.6 Å². The Morgan fingerprint density at radius 3 is 3.00 bits per heavy atom. The van der Waals surface area contributed by atoms with Gasteiger partial charge in [-0.15, -0.1) is 23.1 Å². The van der Waals surface area contributed by atoms with Gasteiger partial charge >= 0.3 is 0 Å². The first kappa shape index (κ1) is 18.4. The van der Waals surface area contributed by atoms with Crippen LogP contribution in [-0.2, 0) is 23.4 Å². The van der Waals surface area contributed by atoms with Crippen LogP contribution in [0, 0.1) is 0 Å². The first-order chi connectivity index (χ1) is 12.1. The van der Waals surface area contributed by atoms with Crippen molar-refractivity contribution in [3.63, 3.8) is 0 Å². The maximum Gasteiger partial charge on any atom is 0.259 e. The number of hydrogen-bond acceptors (Lipinski definition) is 6. The largest absolute Gasteiger partial charge is 0.344 e. The molecule has 3 rings (SSSR count). The van der Waals surface area contributed by atoms with Crippen molar-refractivity contribution >= 4 is 39.2 Å². The minimum atomic E-state index is -0.0301. The Kier molecular flexibility index (Phi) is 6.14. The number of thioether (sulfide) groups is 1. The molecule has 1 aliphatic carbocycles. The highest BCUT2D eigenvalue weighted by molar-refractivity contribution is 7.99. The fourth-order valence-corrected chi connectivity index (χ4v) is 5.13. The van der Waals surface area contributed by atoms with Crippen LogP contribution in [0.4, 0.5) is 0 Å². The summed E-state index contributed by atoms with van der Waals surface area (Å²) in [6, 6.07) is 0. The topological polar surface area (TPSA) is 78.1 Å². The molecule has 0 unspecified atom stereocenters. The van der Waals surface area contributed by atoms with Gasteiger partial charge < -0.3 is 15.2 Å². The van der Waals surface area contributed by atoms with Gasteiger partial charge in [-0.2, -0.15) is 0 Å². The summed E-state index contributed by atoms with van der Waals surface area (Å²) in [5.41, 5.74) is 1.18. The van der Waals surface area contributed by atoms with Crippen molar-refractivity contribution in [2.75, 3.05) is 32.9 Å². The lowest BCUT2D eigenvalue weighted by Gasteiger charge is -2.16. The van der Waals surface area contributed by atoms with E-state index in [4.69, 9.17) is 0 Å². The molecule has 136 valence electrons. The van der Waals surface area contributed by atoms with Gasteiger partial charge in [0.1, 0.15) is 10.7 Å². The van der Waals surface area contributed by atoms with Gasteiger partial charge in [-0.3, -0.25) is 9.59 Å². The van der Waals surface area contributed by atoms with Crippen LogP contribution in [-0.4, -0.2) is 53.7 Å². The van der Waals surface area contributed by atoms with Crippen molar-refractivity contribution in [1.29, 1.82) is 0 Å². The number of carbonyl (C=O) groups is 1. The number of H-pyrrole nitrogens is 1. The van der Waals surface area contributed by atoms with Gasteiger partial charge in [0.2, 0.25) is 5.91 Å². The third-order valence-corrected chi connectivity index (χ3v) is 6.58. The molecule has 2 aromatic heterocycles. The molecule has 0 bridgehead atoms. The van der Waals surface area contributed by atoms with Gasteiger partial charge in [0.15, 0.2) is 0 Å². The maximum atomic E-state index is 12.5. The molecule has 0 atom stereocenters. The third-order valence-electron chi connectivity index (χ3n) is 4.46. The molecule has 6 nitrogen and oxygen atoms in total. The predicted molar refractivity (Wildman–Crippen MR) is 105 cm³/mol.